The topological polar surface area (TPSA) is 116 Å². The number of benzene rings is 1. The highest BCUT2D eigenvalue weighted by Gasteiger charge is 2.46. The van der Waals surface area contributed by atoms with Crippen molar-refractivity contribution in [3.8, 4) is 6.07 Å². The summed E-state index contributed by atoms with van der Waals surface area (Å²) in [7, 11) is -4.23. The van der Waals surface area contributed by atoms with Crippen LogP contribution in [-0.4, -0.2) is 38.2 Å². The molecule has 1 aromatic carbocycles. The third kappa shape index (κ3) is 2.87. The molecule has 0 aliphatic carbocycles. The number of hydrogen-bond donors (Lipinski definition) is 2. The summed E-state index contributed by atoms with van der Waals surface area (Å²) in [5.74, 6) is -2.21. The van der Waals surface area contributed by atoms with Crippen LogP contribution in [0.5, 0.6) is 0 Å². The number of carboxylic acid groups (broad SMARTS) is 1. The second-order valence-electron chi connectivity index (χ2n) is 4.55. The SMILES string of the molecule is N#Cc1cc(S(=O)(=O)NC2(C(=O)O)CCOC2)ccc1F. The van der Waals surface area contributed by atoms with Crippen LogP contribution in [0.3, 0.4) is 0 Å². The van der Waals surface area contributed by atoms with Crippen molar-refractivity contribution in [1.29, 1.82) is 5.26 Å². The summed E-state index contributed by atoms with van der Waals surface area (Å²) >= 11 is 0. The average Bonchev–Trinajstić information content (AvgIpc) is 2.88. The monoisotopic (exact) mass is 314 g/mol. The van der Waals surface area contributed by atoms with Crippen molar-refractivity contribution in [3.05, 3.63) is 29.6 Å². The van der Waals surface area contributed by atoms with Gasteiger partial charge in [0.2, 0.25) is 10.0 Å². The second-order valence-corrected chi connectivity index (χ2v) is 6.23. The van der Waals surface area contributed by atoms with Crippen molar-refractivity contribution in [2.75, 3.05) is 13.2 Å². The number of rotatable bonds is 4. The van der Waals surface area contributed by atoms with Crippen molar-refractivity contribution in [3.63, 3.8) is 0 Å². The molecule has 0 saturated carbocycles. The Bertz CT molecular complexity index is 720. The Morgan fingerprint density at radius 2 is 2.24 bits per heavy atom. The lowest BCUT2D eigenvalue weighted by Crippen LogP contribution is -2.55. The zero-order valence-corrected chi connectivity index (χ0v) is 11.5. The Labute approximate surface area is 120 Å². The smallest absolute Gasteiger partial charge is 0.327 e. The maximum Gasteiger partial charge on any atom is 0.327 e. The van der Waals surface area contributed by atoms with Gasteiger partial charge in [-0.1, -0.05) is 0 Å². The molecule has 21 heavy (non-hydrogen) atoms. The van der Waals surface area contributed by atoms with Crippen molar-refractivity contribution in [2.24, 2.45) is 0 Å². The lowest BCUT2D eigenvalue weighted by Gasteiger charge is -2.23. The van der Waals surface area contributed by atoms with Crippen LogP contribution >= 0.6 is 0 Å². The number of halogens is 1. The molecule has 1 aliphatic rings. The molecule has 1 aliphatic heterocycles. The van der Waals surface area contributed by atoms with Crippen LogP contribution in [0.1, 0.15) is 12.0 Å². The molecule has 1 aromatic rings. The van der Waals surface area contributed by atoms with Crippen LogP contribution in [0.25, 0.3) is 0 Å². The fourth-order valence-corrected chi connectivity index (χ4v) is 3.33. The van der Waals surface area contributed by atoms with Crippen molar-refractivity contribution in [1.82, 2.24) is 4.72 Å². The summed E-state index contributed by atoms with van der Waals surface area (Å²) in [4.78, 5) is 10.9. The van der Waals surface area contributed by atoms with Gasteiger partial charge in [-0.3, -0.25) is 4.79 Å². The Balaban J connectivity index is 2.39. The lowest BCUT2D eigenvalue weighted by molar-refractivity contribution is -0.144. The maximum atomic E-state index is 13.2. The molecule has 0 aromatic heterocycles. The highest BCUT2D eigenvalue weighted by atomic mass is 32.2. The van der Waals surface area contributed by atoms with Crippen molar-refractivity contribution >= 4 is 16.0 Å². The highest BCUT2D eigenvalue weighted by Crippen LogP contribution is 2.23. The molecular weight excluding hydrogens is 303 g/mol. The van der Waals surface area contributed by atoms with E-state index in [0.29, 0.717) is 0 Å². The molecule has 1 unspecified atom stereocenters. The van der Waals surface area contributed by atoms with Crippen LogP contribution < -0.4 is 4.72 Å². The van der Waals surface area contributed by atoms with E-state index >= 15 is 0 Å². The second kappa shape index (κ2) is 5.40. The van der Waals surface area contributed by atoms with E-state index in [9.17, 15) is 22.7 Å². The predicted octanol–water partition coefficient (Wildman–Crippen LogP) is 0.219. The van der Waals surface area contributed by atoms with Gasteiger partial charge in [-0.05, 0) is 18.2 Å². The van der Waals surface area contributed by atoms with E-state index in [2.05, 4.69) is 4.72 Å². The quantitative estimate of drug-likeness (QED) is 0.821. The molecule has 0 radical (unpaired) electrons. The molecule has 1 atom stereocenters. The standard InChI is InChI=1S/C12H11FN2O5S/c13-10-2-1-9(5-8(10)6-14)21(18,19)15-12(11(16)17)3-4-20-7-12/h1-2,5,15H,3-4,7H2,(H,16,17). The Morgan fingerprint density at radius 1 is 1.52 bits per heavy atom. The number of ether oxygens (including phenoxy) is 1. The van der Waals surface area contributed by atoms with Crippen LogP contribution in [-0.2, 0) is 19.6 Å². The third-order valence-corrected chi connectivity index (χ3v) is 4.66. The van der Waals surface area contributed by atoms with Gasteiger partial charge in [0.1, 0.15) is 11.9 Å². The summed E-state index contributed by atoms with van der Waals surface area (Å²) < 4.78 is 44.7. The highest BCUT2D eigenvalue weighted by molar-refractivity contribution is 7.89. The number of nitrogens with zero attached hydrogens (tertiary/aromatic N) is 1. The maximum absolute atomic E-state index is 13.2. The van der Waals surface area contributed by atoms with Gasteiger partial charge < -0.3 is 9.84 Å². The number of sulfonamides is 1. The predicted molar refractivity (Wildman–Crippen MR) is 67.2 cm³/mol. The molecular formula is C12H11FN2O5S. The fourth-order valence-electron chi connectivity index (χ4n) is 1.93. The van der Waals surface area contributed by atoms with E-state index in [1.165, 1.54) is 6.07 Å². The summed E-state index contributed by atoms with van der Waals surface area (Å²) in [5.41, 5.74) is -2.19. The van der Waals surface area contributed by atoms with E-state index in [-0.39, 0.29) is 24.5 Å². The normalized spacial score (nSPS) is 21.9. The van der Waals surface area contributed by atoms with E-state index in [0.717, 1.165) is 18.2 Å². The summed E-state index contributed by atoms with van der Waals surface area (Å²) in [6.45, 7) is -0.185. The number of nitrogens with one attached hydrogen (secondary N) is 1. The number of nitriles is 1. The molecule has 0 bridgehead atoms. The first-order valence-electron chi connectivity index (χ1n) is 5.85. The molecule has 2 N–H and O–H groups in total. The summed E-state index contributed by atoms with van der Waals surface area (Å²) in [6, 6.07) is 4.18. The summed E-state index contributed by atoms with van der Waals surface area (Å²) in [5, 5.41) is 17.9. The Morgan fingerprint density at radius 3 is 2.76 bits per heavy atom. The van der Waals surface area contributed by atoms with E-state index in [4.69, 9.17) is 10.00 Å². The minimum Gasteiger partial charge on any atom is -0.480 e. The third-order valence-electron chi connectivity index (χ3n) is 3.13. The van der Waals surface area contributed by atoms with Gasteiger partial charge in [0, 0.05) is 13.0 Å². The van der Waals surface area contributed by atoms with E-state index < -0.39 is 32.9 Å². The Hall–Kier alpha value is -2.02. The van der Waals surface area contributed by atoms with Crippen molar-refractivity contribution < 1.29 is 27.4 Å². The summed E-state index contributed by atoms with van der Waals surface area (Å²) in [6.07, 6.45) is -0.0200. The van der Waals surface area contributed by atoms with Gasteiger partial charge >= 0.3 is 5.97 Å². The largest absolute Gasteiger partial charge is 0.480 e. The first-order chi connectivity index (χ1) is 9.81. The molecule has 7 nitrogen and oxygen atoms in total. The van der Waals surface area contributed by atoms with Gasteiger partial charge in [0.05, 0.1) is 17.1 Å². The zero-order valence-electron chi connectivity index (χ0n) is 10.7. The molecule has 2 rings (SSSR count). The molecule has 112 valence electrons. The Kier molecular flexibility index (Phi) is 3.95. The van der Waals surface area contributed by atoms with Crippen LogP contribution in [0.15, 0.2) is 23.1 Å². The molecule has 9 heteroatoms. The first-order valence-corrected chi connectivity index (χ1v) is 7.34. The first kappa shape index (κ1) is 15.4. The molecule has 1 fully saturated rings. The van der Waals surface area contributed by atoms with Crippen molar-refractivity contribution in [2.45, 2.75) is 16.9 Å². The van der Waals surface area contributed by atoms with Gasteiger partial charge in [0.15, 0.2) is 5.54 Å². The number of carbonyl (C=O) groups is 1. The van der Waals surface area contributed by atoms with E-state index in [1.54, 1.807) is 0 Å². The van der Waals surface area contributed by atoms with Crippen LogP contribution in [0, 0.1) is 17.1 Å². The van der Waals surface area contributed by atoms with Gasteiger partial charge in [-0.15, -0.1) is 0 Å². The van der Waals surface area contributed by atoms with Crippen LogP contribution in [0.2, 0.25) is 0 Å². The molecule has 0 spiro atoms. The minimum absolute atomic E-state index is 0.0200. The zero-order chi connectivity index (χ0) is 15.7. The fraction of sp³-hybridized carbons (Fsp3) is 0.333. The molecule has 1 heterocycles. The lowest BCUT2D eigenvalue weighted by atomic mass is 10.0. The average molecular weight is 314 g/mol. The van der Waals surface area contributed by atoms with E-state index in [1.807, 2.05) is 0 Å². The van der Waals surface area contributed by atoms with Gasteiger partial charge in [-0.2, -0.15) is 9.98 Å². The van der Waals surface area contributed by atoms with Crippen LogP contribution in [0.4, 0.5) is 4.39 Å². The number of aliphatic carboxylic acids is 1. The molecule has 1 saturated heterocycles. The number of carboxylic acids is 1. The minimum atomic E-state index is -4.23. The number of hydrogen-bond acceptors (Lipinski definition) is 5. The van der Waals surface area contributed by atoms with Gasteiger partial charge in [-0.25, -0.2) is 12.8 Å². The van der Waals surface area contributed by atoms with Gasteiger partial charge in [0.25, 0.3) is 0 Å². The molecule has 0 amide bonds.